The average Bonchev–Trinajstić information content (AvgIpc) is 2.51. The number of nitrogens with one attached hydrogen (secondary N) is 1. The van der Waals surface area contributed by atoms with Gasteiger partial charge in [0.15, 0.2) is 5.82 Å². The smallest absolute Gasteiger partial charge is 0.168 e. The molecule has 1 heterocycles. The van der Waals surface area contributed by atoms with Gasteiger partial charge in [-0.25, -0.2) is 4.68 Å². The zero-order valence-corrected chi connectivity index (χ0v) is 9.41. The summed E-state index contributed by atoms with van der Waals surface area (Å²) in [6.45, 7) is 5.04. The highest BCUT2D eigenvalue weighted by Crippen LogP contribution is 2.20. The maximum absolute atomic E-state index is 8.90. The summed E-state index contributed by atoms with van der Waals surface area (Å²) in [5.41, 5.74) is 6.25. The molecule has 5 heteroatoms. The molecule has 0 aromatic carbocycles. The minimum absolute atomic E-state index is 0.432. The average molecular weight is 207 g/mol. The third-order valence-electron chi connectivity index (χ3n) is 2.26. The Kier molecular flexibility index (Phi) is 3.56. The Bertz CT molecular complexity index is 372. The van der Waals surface area contributed by atoms with E-state index in [2.05, 4.69) is 30.3 Å². The minimum Gasteiger partial charge on any atom is -0.383 e. The Balaban J connectivity index is 2.91. The maximum atomic E-state index is 8.90. The van der Waals surface area contributed by atoms with Crippen molar-refractivity contribution >= 4 is 11.6 Å². The number of hydrogen-bond donors (Lipinski definition) is 2. The van der Waals surface area contributed by atoms with Gasteiger partial charge in [-0.15, -0.1) is 0 Å². The molecule has 0 aliphatic heterocycles. The molecule has 0 saturated carbocycles. The van der Waals surface area contributed by atoms with E-state index in [0.29, 0.717) is 23.1 Å². The van der Waals surface area contributed by atoms with E-state index in [4.69, 9.17) is 11.0 Å². The number of nitrogens with zero attached hydrogens (tertiary/aromatic N) is 3. The zero-order chi connectivity index (χ0) is 11.4. The van der Waals surface area contributed by atoms with Crippen molar-refractivity contribution in [2.24, 2.45) is 5.92 Å². The van der Waals surface area contributed by atoms with Crippen molar-refractivity contribution in [1.29, 1.82) is 5.26 Å². The fraction of sp³-hybridized carbons (Fsp3) is 0.600. The normalized spacial score (nSPS) is 10.3. The molecular weight excluding hydrogens is 190 g/mol. The molecule has 0 amide bonds. The van der Waals surface area contributed by atoms with Crippen LogP contribution in [-0.4, -0.2) is 16.8 Å². The molecule has 0 saturated heterocycles. The molecule has 1 rings (SSSR count). The first-order chi connectivity index (χ1) is 7.10. The van der Waals surface area contributed by atoms with Crippen LogP contribution in [0.15, 0.2) is 0 Å². The van der Waals surface area contributed by atoms with E-state index in [1.165, 1.54) is 0 Å². The molecule has 0 aliphatic rings. The van der Waals surface area contributed by atoms with Gasteiger partial charge in [0, 0.05) is 13.6 Å². The topological polar surface area (TPSA) is 79.7 Å². The van der Waals surface area contributed by atoms with Gasteiger partial charge in [0.2, 0.25) is 0 Å². The number of nitriles is 1. The van der Waals surface area contributed by atoms with Gasteiger partial charge >= 0.3 is 0 Å². The first kappa shape index (κ1) is 11.4. The van der Waals surface area contributed by atoms with Crippen LogP contribution < -0.4 is 11.1 Å². The van der Waals surface area contributed by atoms with Crippen LogP contribution in [0.5, 0.6) is 0 Å². The quantitative estimate of drug-likeness (QED) is 0.782. The van der Waals surface area contributed by atoms with Crippen LogP contribution in [0, 0.1) is 17.2 Å². The van der Waals surface area contributed by atoms with Gasteiger partial charge in [0.25, 0.3) is 0 Å². The largest absolute Gasteiger partial charge is 0.383 e. The fourth-order valence-electron chi connectivity index (χ4n) is 1.31. The van der Waals surface area contributed by atoms with Gasteiger partial charge in [-0.05, 0) is 12.3 Å². The second-order valence-electron chi connectivity index (χ2n) is 3.88. The molecule has 0 bridgehead atoms. The van der Waals surface area contributed by atoms with Gasteiger partial charge < -0.3 is 11.1 Å². The summed E-state index contributed by atoms with van der Waals surface area (Å²) in [4.78, 5) is 0. The highest BCUT2D eigenvalue weighted by molar-refractivity contribution is 5.63. The molecule has 0 unspecified atom stereocenters. The summed E-state index contributed by atoms with van der Waals surface area (Å²) in [7, 11) is 1.73. The lowest BCUT2D eigenvalue weighted by molar-refractivity contribution is 0.492. The van der Waals surface area contributed by atoms with Gasteiger partial charge in [0.1, 0.15) is 17.5 Å². The zero-order valence-electron chi connectivity index (χ0n) is 9.41. The number of hydrogen-bond acceptors (Lipinski definition) is 4. The standard InChI is InChI=1S/C10H17N5/c1-7(2)4-5-15-9(12)8(6-11)10(13-3)14-15/h7H,4-5,12H2,1-3H3,(H,13,14). The summed E-state index contributed by atoms with van der Waals surface area (Å²) in [6, 6.07) is 2.05. The maximum Gasteiger partial charge on any atom is 0.168 e. The SMILES string of the molecule is CNc1nn(CCC(C)C)c(N)c1C#N. The highest BCUT2D eigenvalue weighted by Gasteiger charge is 2.13. The molecule has 0 aliphatic carbocycles. The molecule has 15 heavy (non-hydrogen) atoms. The predicted octanol–water partition coefficient (Wildman–Crippen LogP) is 1.42. The van der Waals surface area contributed by atoms with E-state index in [1.54, 1.807) is 11.7 Å². The van der Waals surface area contributed by atoms with Crippen molar-refractivity contribution in [3.05, 3.63) is 5.56 Å². The Morgan fingerprint density at radius 2 is 2.27 bits per heavy atom. The van der Waals surface area contributed by atoms with Crippen molar-refractivity contribution < 1.29 is 0 Å². The van der Waals surface area contributed by atoms with Crippen molar-refractivity contribution in [3.63, 3.8) is 0 Å². The van der Waals surface area contributed by atoms with Gasteiger partial charge in [-0.3, -0.25) is 0 Å². The molecular formula is C10H17N5. The van der Waals surface area contributed by atoms with Gasteiger partial charge in [-0.1, -0.05) is 13.8 Å². The molecule has 5 nitrogen and oxygen atoms in total. The van der Waals surface area contributed by atoms with Crippen LogP contribution in [0.4, 0.5) is 11.6 Å². The Labute approximate surface area is 89.9 Å². The second-order valence-corrected chi connectivity index (χ2v) is 3.88. The summed E-state index contributed by atoms with van der Waals surface area (Å²) >= 11 is 0. The number of anilines is 2. The molecule has 1 aromatic rings. The first-order valence-corrected chi connectivity index (χ1v) is 5.04. The van der Waals surface area contributed by atoms with E-state index in [9.17, 15) is 0 Å². The Morgan fingerprint density at radius 1 is 1.60 bits per heavy atom. The van der Waals surface area contributed by atoms with Crippen LogP contribution in [-0.2, 0) is 6.54 Å². The monoisotopic (exact) mass is 207 g/mol. The lowest BCUT2D eigenvalue weighted by Gasteiger charge is -2.05. The van der Waals surface area contributed by atoms with Gasteiger partial charge in [-0.2, -0.15) is 10.4 Å². The summed E-state index contributed by atoms with van der Waals surface area (Å²) < 4.78 is 1.68. The minimum atomic E-state index is 0.432. The van der Waals surface area contributed by atoms with Gasteiger partial charge in [0.05, 0.1) is 0 Å². The van der Waals surface area contributed by atoms with E-state index >= 15 is 0 Å². The second kappa shape index (κ2) is 4.69. The van der Waals surface area contributed by atoms with Crippen LogP contribution in [0.1, 0.15) is 25.8 Å². The summed E-state index contributed by atoms with van der Waals surface area (Å²) in [6.07, 6.45) is 1.000. The molecule has 0 spiro atoms. The van der Waals surface area contributed by atoms with Crippen LogP contribution in [0.3, 0.4) is 0 Å². The number of aromatic nitrogens is 2. The number of aryl methyl sites for hydroxylation is 1. The lowest BCUT2D eigenvalue weighted by Crippen LogP contribution is -2.07. The van der Waals surface area contributed by atoms with E-state index in [0.717, 1.165) is 13.0 Å². The molecule has 1 aromatic heterocycles. The van der Waals surface area contributed by atoms with Crippen LogP contribution >= 0.6 is 0 Å². The van der Waals surface area contributed by atoms with Crippen molar-refractivity contribution in [2.75, 3.05) is 18.1 Å². The van der Waals surface area contributed by atoms with E-state index < -0.39 is 0 Å². The van der Waals surface area contributed by atoms with Crippen molar-refractivity contribution in [3.8, 4) is 6.07 Å². The number of nitrogen functional groups attached to an aromatic ring is 1. The number of nitrogens with two attached hydrogens (primary N) is 1. The fourth-order valence-corrected chi connectivity index (χ4v) is 1.31. The lowest BCUT2D eigenvalue weighted by atomic mass is 10.1. The molecule has 0 radical (unpaired) electrons. The van der Waals surface area contributed by atoms with Crippen molar-refractivity contribution in [1.82, 2.24) is 9.78 Å². The molecule has 0 atom stereocenters. The molecule has 82 valence electrons. The van der Waals surface area contributed by atoms with Crippen molar-refractivity contribution in [2.45, 2.75) is 26.8 Å². The number of rotatable bonds is 4. The van der Waals surface area contributed by atoms with E-state index in [-0.39, 0.29) is 0 Å². The third-order valence-corrected chi connectivity index (χ3v) is 2.26. The summed E-state index contributed by atoms with van der Waals surface area (Å²) in [5, 5.41) is 16.0. The first-order valence-electron chi connectivity index (χ1n) is 5.04. The molecule has 0 fully saturated rings. The Hall–Kier alpha value is -1.70. The van der Waals surface area contributed by atoms with E-state index in [1.807, 2.05) is 0 Å². The molecule has 3 N–H and O–H groups in total. The highest BCUT2D eigenvalue weighted by atomic mass is 15.3. The Morgan fingerprint density at radius 3 is 2.67 bits per heavy atom. The van der Waals surface area contributed by atoms with Crippen LogP contribution in [0.25, 0.3) is 0 Å². The van der Waals surface area contributed by atoms with Crippen LogP contribution in [0.2, 0.25) is 0 Å². The summed E-state index contributed by atoms with van der Waals surface area (Å²) in [5.74, 6) is 1.60. The third kappa shape index (κ3) is 2.40. The predicted molar refractivity (Wildman–Crippen MR) is 60.4 cm³/mol.